The zero-order valence-electron chi connectivity index (χ0n) is 8.18. The van der Waals surface area contributed by atoms with E-state index in [1.165, 1.54) is 6.26 Å². The molecule has 1 fully saturated rings. The molecule has 0 N–H and O–H groups in total. The molecular formula is C10H11N2O3. The van der Waals surface area contributed by atoms with Gasteiger partial charge in [0.1, 0.15) is 0 Å². The molecule has 1 radical (unpaired) electrons. The normalized spacial score (nSPS) is 21.9. The fraction of sp³-hybridized carbons (Fsp3) is 0.500. The zero-order valence-corrected chi connectivity index (χ0v) is 8.18. The Balaban J connectivity index is 2.28. The van der Waals surface area contributed by atoms with Crippen LogP contribution in [0.1, 0.15) is 30.9 Å². The molecule has 1 aliphatic heterocycles. The molecule has 0 aromatic carbocycles. The lowest BCUT2D eigenvalue weighted by atomic mass is 9.99. The molecule has 0 saturated carbocycles. The molecule has 79 valence electrons. The van der Waals surface area contributed by atoms with Gasteiger partial charge in [-0.25, -0.2) is 4.79 Å². The van der Waals surface area contributed by atoms with E-state index in [-0.39, 0.29) is 11.8 Å². The van der Waals surface area contributed by atoms with Crippen LogP contribution in [0.15, 0.2) is 21.5 Å². The average molecular weight is 207 g/mol. The molecule has 5 heteroatoms. The van der Waals surface area contributed by atoms with Crippen molar-refractivity contribution in [3.05, 3.63) is 28.6 Å². The van der Waals surface area contributed by atoms with Gasteiger partial charge in [-0.2, -0.15) is 4.98 Å². The molecule has 1 aliphatic rings. The van der Waals surface area contributed by atoms with E-state index in [4.69, 9.17) is 0 Å². The Morgan fingerprint density at radius 1 is 1.33 bits per heavy atom. The summed E-state index contributed by atoms with van der Waals surface area (Å²) in [5, 5.41) is 3.90. The maximum atomic E-state index is 11.6. The number of rotatable bonds is 1. The van der Waals surface area contributed by atoms with E-state index in [1.54, 1.807) is 6.07 Å². The number of hydrogen-bond donors (Lipinski definition) is 0. The summed E-state index contributed by atoms with van der Waals surface area (Å²) in [5.41, 5.74) is 0.474. The van der Waals surface area contributed by atoms with Gasteiger partial charge in [0.15, 0.2) is 0 Å². The van der Waals surface area contributed by atoms with Gasteiger partial charge in [0.05, 0.1) is 17.9 Å². The Morgan fingerprint density at radius 2 is 2.20 bits per heavy atom. The topological polar surface area (TPSA) is 74.3 Å². The summed E-state index contributed by atoms with van der Waals surface area (Å²) < 4.78 is 4.52. The summed E-state index contributed by atoms with van der Waals surface area (Å²) in [5.74, 6) is -1.20. The molecule has 2 heterocycles. The fourth-order valence-corrected chi connectivity index (χ4v) is 1.68. The van der Waals surface area contributed by atoms with Crippen LogP contribution in [0.25, 0.3) is 0 Å². The predicted octanol–water partition coefficient (Wildman–Crippen LogP) is 0.433. The van der Waals surface area contributed by atoms with Crippen LogP contribution < -0.4 is 11.1 Å². The quantitative estimate of drug-likeness (QED) is 0.669. The van der Waals surface area contributed by atoms with Crippen LogP contribution in [0.3, 0.4) is 0 Å². The van der Waals surface area contributed by atoms with Gasteiger partial charge in [0, 0.05) is 6.54 Å². The fourth-order valence-electron chi connectivity index (χ4n) is 1.68. The van der Waals surface area contributed by atoms with E-state index in [0.717, 1.165) is 12.8 Å². The van der Waals surface area contributed by atoms with E-state index in [9.17, 15) is 9.59 Å². The second kappa shape index (κ2) is 4.25. The first-order chi connectivity index (χ1) is 7.27. The van der Waals surface area contributed by atoms with Crippen LogP contribution in [-0.2, 0) is 4.79 Å². The van der Waals surface area contributed by atoms with E-state index in [0.29, 0.717) is 18.7 Å². The lowest BCUT2D eigenvalue weighted by molar-refractivity contribution is -0.122. The molecule has 1 amide bonds. The third kappa shape index (κ3) is 2.23. The molecule has 1 unspecified atom stereocenters. The number of nitrogens with zero attached hydrogens (tertiary/aromatic N) is 2. The van der Waals surface area contributed by atoms with E-state index in [1.807, 2.05) is 0 Å². The van der Waals surface area contributed by atoms with Crippen molar-refractivity contribution in [2.75, 3.05) is 6.54 Å². The van der Waals surface area contributed by atoms with Gasteiger partial charge in [-0.15, -0.1) is 0 Å². The largest absolute Gasteiger partial charge is 0.438 e. The first kappa shape index (κ1) is 9.89. The molecule has 0 aliphatic carbocycles. The Hall–Kier alpha value is -1.65. The highest BCUT2D eigenvalue weighted by Gasteiger charge is 2.25. The zero-order chi connectivity index (χ0) is 10.7. The van der Waals surface area contributed by atoms with Crippen LogP contribution in [0.4, 0.5) is 0 Å². The Labute approximate surface area is 86.5 Å². The maximum absolute atomic E-state index is 11.6. The highest BCUT2D eigenvalue weighted by Crippen LogP contribution is 2.22. The highest BCUT2D eigenvalue weighted by molar-refractivity contribution is 5.82. The minimum Gasteiger partial charge on any atom is -0.417 e. The van der Waals surface area contributed by atoms with E-state index in [2.05, 4.69) is 14.7 Å². The van der Waals surface area contributed by atoms with Gasteiger partial charge in [0.2, 0.25) is 5.91 Å². The lowest BCUT2D eigenvalue weighted by Gasteiger charge is -2.09. The Morgan fingerprint density at radius 3 is 3.00 bits per heavy atom. The van der Waals surface area contributed by atoms with Crippen molar-refractivity contribution in [2.45, 2.75) is 25.2 Å². The minimum atomic E-state index is -0.662. The molecule has 1 atom stereocenters. The van der Waals surface area contributed by atoms with Gasteiger partial charge in [-0.3, -0.25) is 10.1 Å². The smallest absolute Gasteiger partial charge is 0.417 e. The van der Waals surface area contributed by atoms with Crippen molar-refractivity contribution in [3.8, 4) is 0 Å². The van der Waals surface area contributed by atoms with Crippen LogP contribution in [0.2, 0.25) is 0 Å². The lowest BCUT2D eigenvalue weighted by Crippen LogP contribution is -2.23. The molecule has 0 spiro atoms. The summed E-state index contributed by atoms with van der Waals surface area (Å²) in [6.45, 7) is 0.580. The van der Waals surface area contributed by atoms with Crippen molar-refractivity contribution >= 4 is 5.91 Å². The van der Waals surface area contributed by atoms with Crippen molar-refractivity contribution < 1.29 is 9.21 Å². The predicted molar refractivity (Wildman–Crippen MR) is 51.4 cm³/mol. The van der Waals surface area contributed by atoms with Crippen LogP contribution in [-0.4, -0.2) is 17.4 Å². The number of carbonyl (C=O) groups excluding carboxylic acids is 1. The van der Waals surface area contributed by atoms with Crippen LogP contribution in [0.5, 0.6) is 0 Å². The van der Waals surface area contributed by atoms with Crippen molar-refractivity contribution in [2.24, 2.45) is 0 Å². The summed E-state index contributed by atoms with van der Waals surface area (Å²) in [6.07, 6.45) is 3.83. The molecule has 1 aromatic rings. The Bertz CT molecular complexity index is 413. The molecule has 15 heavy (non-hydrogen) atoms. The third-order valence-corrected chi connectivity index (χ3v) is 2.45. The molecular weight excluding hydrogens is 196 g/mol. The second-order valence-electron chi connectivity index (χ2n) is 3.49. The molecule has 1 saturated heterocycles. The van der Waals surface area contributed by atoms with Gasteiger partial charge in [-0.05, 0) is 18.9 Å². The second-order valence-corrected chi connectivity index (χ2v) is 3.49. The molecule has 5 nitrogen and oxygen atoms in total. The van der Waals surface area contributed by atoms with Gasteiger partial charge in [-0.1, -0.05) is 6.42 Å². The number of amides is 1. The van der Waals surface area contributed by atoms with E-state index >= 15 is 0 Å². The van der Waals surface area contributed by atoms with Crippen molar-refractivity contribution in [1.82, 2.24) is 10.3 Å². The third-order valence-electron chi connectivity index (χ3n) is 2.45. The maximum Gasteiger partial charge on any atom is 0.438 e. The summed E-state index contributed by atoms with van der Waals surface area (Å²) >= 11 is 0. The highest BCUT2D eigenvalue weighted by atomic mass is 16.4. The SMILES string of the molecule is O=C1[N]CCCCC1c1ccoc(=O)n1. The number of aromatic nitrogens is 1. The van der Waals surface area contributed by atoms with Crippen LogP contribution >= 0.6 is 0 Å². The van der Waals surface area contributed by atoms with Gasteiger partial charge >= 0.3 is 5.76 Å². The minimum absolute atomic E-state index is 0.175. The Kier molecular flexibility index (Phi) is 2.80. The standard InChI is InChI=1S/C10H11N2O3/c13-9-7(3-1-2-5-11-9)8-4-6-15-10(14)12-8/h4,6-7H,1-3,5H2. The first-order valence-electron chi connectivity index (χ1n) is 4.94. The first-order valence-corrected chi connectivity index (χ1v) is 4.94. The summed E-state index contributed by atoms with van der Waals surface area (Å²) in [6, 6.07) is 1.56. The van der Waals surface area contributed by atoms with E-state index < -0.39 is 5.76 Å². The van der Waals surface area contributed by atoms with Crippen molar-refractivity contribution in [3.63, 3.8) is 0 Å². The van der Waals surface area contributed by atoms with Crippen LogP contribution in [0, 0.1) is 0 Å². The van der Waals surface area contributed by atoms with Gasteiger partial charge in [0.25, 0.3) is 0 Å². The number of carbonyl (C=O) groups is 1. The molecule has 0 bridgehead atoms. The monoisotopic (exact) mass is 207 g/mol. The number of hydrogen-bond acceptors (Lipinski definition) is 4. The summed E-state index contributed by atoms with van der Waals surface area (Å²) in [7, 11) is 0. The van der Waals surface area contributed by atoms with Gasteiger partial charge < -0.3 is 4.42 Å². The molecule has 1 aromatic heterocycles. The van der Waals surface area contributed by atoms with Crippen molar-refractivity contribution in [1.29, 1.82) is 0 Å². The average Bonchev–Trinajstić information content (AvgIpc) is 2.43. The molecule has 2 rings (SSSR count). The summed E-state index contributed by atoms with van der Waals surface area (Å²) in [4.78, 5) is 26.2.